The van der Waals surface area contributed by atoms with Crippen LogP contribution in [0.4, 0.5) is 17.6 Å². The second-order valence-corrected chi connectivity index (χ2v) is 9.72. The Morgan fingerprint density at radius 2 is 1.82 bits per heavy atom. The second kappa shape index (κ2) is 11.6. The van der Waals surface area contributed by atoms with E-state index >= 15 is 4.39 Å². The first-order valence-corrected chi connectivity index (χ1v) is 12.4. The number of benzene rings is 2. The molecule has 2 heterocycles. The molecular weight excluding hydrogens is 504 g/mol. The first kappa shape index (κ1) is 27.6. The van der Waals surface area contributed by atoms with Crippen LogP contribution in [0.3, 0.4) is 0 Å². The smallest absolute Gasteiger partial charge is 0.309 e. The van der Waals surface area contributed by atoms with Crippen LogP contribution in [0.25, 0.3) is 10.9 Å². The maximum atomic E-state index is 15.7. The van der Waals surface area contributed by atoms with Crippen molar-refractivity contribution in [3.63, 3.8) is 0 Å². The van der Waals surface area contributed by atoms with E-state index in [1.165, 1.54) is 7.11 Å². The van der Waals surface area contributed by atoms with Gasteiger partial charge in [0.25, 0.3) is 0 Å². The van der Waals surface area contributed by atoms with E-state index in [9.17, 15) is 23.1 Å². The van der Waals surface area contributed by atoms with Gasteiger partial charge in [0, 0.05) is 30.3 Å². The Bertz CT molecular complexity index is 1290. The minimum absolute atomic E-state index is 0.0499. The van der Waals surface area contributed by atoms with Crippen molar-refractivity contribution in [2.45, 2.75) is 38.8 Å². The molecule has 4 rings (SSSR count). The fourth-order valence-electron chi connectivity index (χ4n) is 5.07. The molecule has 1 aromatic heterocycles. The molecular formula is C28H30F4N2O4. The molecule has 1 atom stereocenters. The number of aromatic nitrogens is 1. The number of carboxylic acid groups (broad SMARTS) is 1. The third-order valence-corrected chi connectivity index (χ3v) is 7.41. The second-order valence-electron chi connectivity index (χ2n) is 9.72. The lowest BCUT2D eigenvalue weighted by Crippen LogP contribution is -2.45. The molecule has 1 saturated heterocycles. The summed E-state index contributed by atoms with van der Waals surface area (Å²) in [5.41, 5.74) is 0.777. The van der Waals surface area contributed by atoms with Gasteiger partial charge >= 0.3 is 5.97 Å². The molecule has 0 bridgehead atoms. The summed E-state index contributed by atoms with van der Waals surface area (Å²) in [5.74, 6) is -4.69. The average Bonchev–Trinajstić information content (AvgIpc) is 2.90. The van der Waals surface area contributed by atoms with Crippen LogP contribution in [0.15, 0.2) is 36.5 Å². The van der Waals surface area contributed by atoms with Crippen molar-refractivity contribution in [1.29, 1.82) is 0 Å². The predicted molar refractivity (Wildman–Crippen MR) is 134 cm³/mol. The van der Waals surface area contributed by atoms with Gasteiger partial charge in [0.2, 0.25) is 0 Å². The number of carboxylic acids is 1. The van der Waals surface area contributed by atoms with Crippen LogP contribution in [0.5, 0.6) is 11.5 Å². The highest BCUT2D eigenvalue weighted by Gasteiger charge is 2.41. The number of hydrogen-bond donors (Lipinski definition) is 1. The molecule has 204 valence electrons. The Morgan fingerprint density at radius 3 is 2.45 bits per heavy atom. The fourth-order valence-corrected chi connectivity index (χ4v) is 5.07. The van der Waals surface area contributed by atoms with Gasteiger partial charge in [-0.15, -0.1) is 0 Å². The zero-order valence-electron chi connectivity index (χ0n) is 21.3. The third-order valence-electron chi connectivity index (χ3n) is 7.41. The van der Waals surface area contributed by atoms with Crippen LogP contribution in [0.1, 0.15) is 43.0 Å². The first-order valence-electron chi connectivity index (χ1n) is 12.4. The van der Waals surface area contributed by atoms with Gasteiger partial charge in [-0.1, -0.05) is 0 Å². The highest BCUT2D eigenvalue weighted by molar-refractivity contribution is 5.85. The highest BCUT2D eigenvalue weighted by Crippen LogP contribution is 2.41. The van der Waals surface area contributed by atoms with Crippen molar-refractivity contribution in [3.05, 3.63) is 65.1 Å². The molecule has 10 heteroatoms. The van der Waals surface area contributed by atoms with Gasteiger partial charge in [0.05, 0.1) is 18.0 Å². The summed E-state index contributed by atoms with van der Waals surface area (Å²) in [6.45, 7) is 3.18. The number of likely N-dealkylation sites (tertiary alicyclic amines) is 1. The summed E-state index contributed by atoms with van der Waals surface area (Å²) in [6, 6.07) is 6.84. The van der Waals surface area contributed by atoms with Crippen LogP contribution in [-0.4, -0.2) is 54.3 Å². The zero-order valence-corrected chi connectivity index (χ0v) is 21.3. The molecule has 1 aliphatic rings. The summed E-state index contributed by atoms with van der Waals surface area (Å²) in [7, 11) is 1.54. The van der Waals surface area contributed by atoms with Gasteiger partial charge in [-0.25, -0.2) is 17.6 Å². The Kier molecular flexibility index (Phi) is 8.40. The minimum Gasteiger partial charge on any atom is -0.497 e. The molecule has 38 heavy (non-hydrogen) atoms. The summed E-state index contributed by atoms with van der Waals surface area (Å²) in [5, 5.41) is 10.7. The van der Waals surface area contributed by atoms with E-state index in [2.05, 4.69) is 4.98 Å². The van der Waals surface area contributed by atoms with E-state index in [-0.39, 0.29) is 25.2 Å². The maximum absolute atomic E-state index is 15.7. The van der Waals surface area contributed by atoms with Crippen molar-refractivity contribution in [3.8, 4) is 11.5 Å². The summed E-state index contributed by atoms with van der Waals surface area (Å²) < 4.78 is 66.1. The van der Waals surface area contributed by atoms with Gasteiger partial charge in [0.15, 0.2) is 17.5 Å². The van der Waals surface area contributed by atoms with E-state index in [0.29, 0.717) is 60.3 Å². The van der Waals surface area contributed by atoms with Crippen LogP contribution < -0.4 is 9.47 Å². The number of aliphatic carboxylic acids is 1. The van der Waals surface area contributed by atoms with E-state index < -0.39 is 35.0 Å². The molecule has 0 saturated carbocycles. The van der Waals surface area contributed by atoms with Gasteiger partial charge < -0.3 is 14.6 Å². The number of ether oxygens (including phenoxy) is 2. The number of rotatable bonds is 10. The first-order chi connectivity index (χ1) is 18.1. The molecule has 2 aromatic carbocycles. The van der Waals surface area contributed by atoms with E-state index in [1.807, 2.05) is 4.90 Å². The number of piperidine rings is 1. The zero-order chi connectivity index (χ0) is 27.4. The molecule has 0 amide bonds. The predicted octanol–water partition coefficient (Wildman–Crippen LogP) is 6.01. The third kappa shape index (κ3) is 5.85. The molecule has 3 aromatic rings. The Morgan fingerprint density at radius 1 is 1.13 bits per heavy atom. The van der Waals surface area contributed by atoms with Crippen LogP contribution in [0.2, 0.25) is 0 Å². The molecule has 0 spiro atoms. The number of fused-ring (bicyclic) bond motifs is 1. The number of alkyl halides is 1. The number of aryl methyl sites for hydroxylation is 1. The van der Waals surface area contributed by atoms with Crippen molar-refractivity contribution in [1.82, 2.24) is 9.88 Å². The number of halogens is 4. The Hall–Kier alpha value is -3.40. The lowest BCUT2D eigenvalue weighted by Gasteiger charge is -2.39. The minimum atomic E-state index is -1.55. The van der Waals surface area contributed by atoms with Crippen LogP contribution >= 0.6 is 0 Å². The van der Waals surface area contributed by atoms with Crippen molar-refractivity contribution >= 4 is 16.9 Å². The van der Waals surface area contributed by atoms with E-state index in [0.717, 1.165) is 12.1 Å². The lowest BCUT2D eigenvalue weighted by atomic mass is 9.74. The Labute approximate surface area is 218 Å². The van der Waals surface area contributed by atoms with Gasteiger partial charge in [-0.05, 0) is 75.0 Å². The SMILES string of the molecule is COc1ccc2ncc(C)c([C@H](F)CCC3(C(=O)O)CCN(CCOc4cc(F)c(F)c(F)c4)CC3)c2c1. The Balaban J connectivity index is 1.36. The van der Waals surface area contributed by atoms with Crippen LogP contribution in [-0.2, 0) is 4.79 Å². The lowest BCUT2D eigenvalue weighted by molar-refractivity contribution is -0.153. The van der Waals surface area contributed by atoms with Crippen molar-refractivity contribution in [2.75, 3.05) is 33.4 Å². The van der Waals surface area contributed by atoms with Gasteiger partial charge in [0.1, 0.15) is 24.3 Å². The molecule has 0 unspecified atom stereocenters. The topological polar surface area (TPSA) is 71.9 Å². The van der Waals surface area contributed by atoms with Gasteiger partial charge in [-0.2, -0.15) is 0 Å². The average molecular weight is 535 g/mol. The fraction of sp³-hybridized carbons (Fsp3) is 0.429. The number of carbonyl (C=O) groups is 1. The molecule has 0 aliphatic carbocycles. The molecule has 1 N–H and O–H groups in total. The van der Waals surface area contributed by atoms with Crippen molar-refractivity contribution in [2.24, 2.45) is 5.41 Å². The maximum Gasteiger partial charge on any atom is 0.309 e. The highest BCUT2D eigenvalue weighted by atomic mass is 19.2. The number of methoxy groups -OCH3 is 1. The molecule has 1 fully saturated rings. The van der Waals surface area contributed by atoms with E-state index in [1.54, 1.807) is 31.3 Å². The standard InChI is InChI=1S/C28H30F4N2O4/c1-17-16-33-24-4-3-18(37-2)13-20(24)25(17)21(29)5-6-28(27(35)36)7-9-34(10-8-28)11-12-38-19-14-22(30)26(32)23(31)15-19/h3-4,13-16,21H,5-12H2,1-2H3,(H,35,36)/t21-/m1/s1. The number of pyridine rings is 1. The normalized spacial score (nSPS) is 16.4. The van der Waals surface area contributed by atoms with Gasteiger partial charge in [-0.3, -0.25) is 14.7 Å². The largest absolute Gasteiger partial charge is 0.497 e. The summed E-state index contributed by atoms with van der Waals surface area (Å²) in [6.07, 6.45) is 1.15. The van der Waals surface area contributed by atoms with E-state index in [4.69, 9.17) is 9.47 Å². The molecule has 0 radical (unpaired) electrons. The monoisotopic (exact) mass is 534 g/mol. The molecule has 6 nitrogen and oxygen atoms in total. The summed E-state index contributed by atoms with van der Waals surface area (Å²) >= 11 is 0. The quantitative estimate of drug-likeness (QED) is 0.254. The van der Waals surface area contributed by atoms with Crippen molar-refractivity contribution < 1.29 is 36.9 Å². The molecule has 1 aliphatic heterocycles. The number of nitrogens with zero attached hydrogens (tertiary/aromatic N) is 2. The van der Waals surface area contributed by atoms with Crippen LogP contribution in [0, 0.1) is 29.8 Å². The number of hydrogen-bond acceptors (Lipinski definition) is 5. The summed E-state index contributed by atoms with van der Waals surface area (Å²) in [4.78, 5) is 18.6.